The molecule has 0 aromatic heterocycles. The smallest absolute Gasteiger partial charge is 0.312 e. The summed E-state index contributed by atoms with van der Waals surface area (Å²) >= 11 is 3.32. The van der Waals surface area contributed by atoms with Crippen molar-refractivity contribution in [1.82, 2.24) is 0 Å². The number of nitro groups is 1. The number of hydrogen-bond acceptors (Lipinski definition) is 4. The van der Waals surface area contributed by atoms with Gasteiger partial charge in [0.25, 0.3) is 0 Å². The molecule has 1 N–H and O–H groups in total. The van der Waals surface area contributed by atoms with Crippen LogP contribution in [0.5, 0.6) is 5.75 Å². The molecular weight excluding hydrogens is 352 g/mol. The predicted molar refractivity (Wildman–Crippen MR) is 86.1 cm³/mol. The number of nitro benzene ring substituents is 1. The van der Waals surface area contributed by atoms with Gasteiger partial charge in [0.2, 0.25) is 5.91 Å². The van der Waals surface area contributed by atoms with Crippen LogP contribution in [0, 0.1) is 10.1 Å². The molecule has 6 nitrogen and oxygen atoms in total. The van der Waals surface area contributed by atoms with Gasteiger partial charge >= 0.3 is 5.69 Å². The number of halogens is 1. The standard InChI is InChI=1S/C15H13BrN2O4/c1-22-14-7-6-12(9-13(14)18(20)21)17-15(19)8-10-2-4-11(16)5-3-10/h2-7,9H,8H2,1H3,(H,17,19). The van der Waals surface area contributed by atoms with E-state index in [2.05, 4.69) is 21.2 Å². The van der Waals surface area contributed by atoms with E-state index in [0.717, 1.165) is 10.0 Å². The second kappa shape index (κ2) is 7.04. The van der Waals surface area contributed by atoms with E-state index in [0.29, 0.717) is 5.69 Å². The molecule has 2 aromatic carbocycles. The molecule has 0 aliphatic rings. The molecule has 0 saturated heterocycles. The molecule has 2 rings (SSSR count). The quantitative estimate of drug-likeness (QED) is 0.649. The van der Waals surface area contributed by atoms with Crippen molar-refractivity contribution in [2.45, 2.75) is 6.42 Å². The molecule has 7 heteroatoms. The number of nitrogens with zero attached hydrogens (tertiary/aromatic N) is 1. The second-order valence-electron chi connectivity index (χ2n) is 4.50. The van der Waals surface area contributed by atoms with Gasteiger partial charge in [0.15, 0.2) is 5.75 Å². The van der Waals surface area contributed by atoms with Crippen molar-refractivity contribution < 1.29 is 14.5 Å². The fourth-order valence-corrected chi connectivity index (χ4v) is 2.17. The first-order chi connectivity index (χ1) is 10.5. The lowest BCUT2D eigenvalue weighted by Crippen LogP contribution is -2.14. The van der Waals surface area contributed by atoms with Gasteiger partial charge < -0.3 is 10.1 Å². The van der Waals surface area contributed by atoms with Crippen molar-refractivity contribution in [1.29, 1.82) is 0 Å². The molecule has 0 bridgehead atoms. The number of carbonyl (C=O) groups excluding carboxylic acids is 1. The third-order valence-corrected chi connectivity index (χ3v) is 3.47. The predicted octanol–water partition coefficient (Wildman–Crippen LogP) is 3.55. The van der Waals surface area contributed by atoms with Gasteiger partial charge in [-0.25, -0.2) is 0 Å². The Morgan fingerprint density at radius 2 is 1.95 bits per heavy atom. The summed E-state index contributed by atoms with van der Waals surface area (Å²) < 4.78 is 5.85. The van der Waals surface area contributed by atoms with Crippen molar-refractivity contribution in [2.24, 2.45) is 0 Å². The molecule has 0 aliphatic heterocycles. The van der Waals surface area contributed by atoms with E-state index in [4.69, 9.17) is 4.74 Å². The van der Waals surface area contributed by atoms with Crippen LogP contribution >= 0.6 is 15.9 Å². The zero-order valence-electron chi connectivity index (χ0n) is 11.7. The fraction of sp³-hybridized carbons (Fsp3) is 0.133. The zero-order valence-corrected chi connectivity index (χ0v) is 13.3. The van der Waals surface area contributed by atoms with Gasteiger partial charge in [-0.2, -0.15) is 0 Å². The summed E-state index contributed by atoms with van der Waals surface area (Å²) in [5.41, 5.74) is 1.02. The third kappa shape index (κ3) is 4.05. The van der Waals surface area contributed by atoms with Crippen LogP contribution in [-0.4, -0.2) is 17.9 Å². The number of amides is 1. The average molecular weight is 365 g/mol. The normalized spacial score (nSPS) is 10.1. The average Bonchev–Trinajstić information content (AvgIpc) is 2.49. The van der Waals surface area contributed by atoms with Crippen LogP contribution in [0.2, 0.25) is 0 Å². The summed E-state index contributed by atoms with van der Waals surface area (Å²) in [7, 11) is 1.36. The molecule has 1 amide bonds. The molecule has 22 heavy (non-hydrogen) atoms. The van der Waals surface area contributed by atoms with Crippen molar-refractivity contribution in [3.8, 4) is 5.75 Å². The minimum absolute atomic E-state index is 0.149. The largest absolute Gasteiger partial charge is 0.490 e. The lowest BCUT2D eigenvalue weighted by molar-refractivity contribution is -0.385. The maximum Gasteiger partial charge on any atom is 0.312 e. The molecule has 0 fully saturated rings. The molecule has 0 heterocycles. The molecule has 0 atom stereocenters. The molecular formula is C15H13BrN2O4. The van der Waals surface area contributed by atoms with Crippen molar-refractivity contribution in [2.75, 3.05) is 12.4 Å². The summed E-state index contributed by atoms with van der Waals surface area (Å²) in [5, 5.41) is 13.6. The molecule has 0 unspecified atom stereocenters. The number of benzene rings is 2. The van der Waals surface area contributed by atoms with Crippen LogP contribution in [0.15, 0.2) is 46.9 Å². The van der Waals surface area contributed by atoms with Crippen LogP contribution in [0.4, 0.5) is 11.4 Å². The van der Waals surface area contributed by atoms with Gasteiger partial charge in [-0.15, -0.1) is 0 Å². The van der Waals surface area contributed by atoms with Crippen molar-refractivity contribution in [3.05, 3.63) is 62.6 Å². The first kappa shape index (κ1) is 16.0. The summed E-state index contributed by atoms with van der Waals surface area (Å²) in [5.74, 6) is -0.0994. The lowest BCUT2D eigenvalue weighted by atomic mass is 10.1. The van der Waals surface area contributed by atoms with E-state index < -0.39 is 4.92 Å². The van der Waals surface area contributed by atoms with Gasteiger partial charge in [-0.1, -0.05) is 28.1 Å². The first-order valence-electron chi connectivity index (χ1n) is 6.36. The highest BCUT2D eigenvalue weighted by Crippen LogP contribution is 2.29. The summed E-state index contributed by atoms with van der Waals surface area (Å²) in [6, 6.07) is 11.7. The Morgan fingerprint density at radius 3 is 2.55 bits per heavy atom. The van der Waals surface area contributed by atoms with Gasteiger partial charge in [0.1, 0.15) is 0 Å². The topological polar surface area (TPSA) is 81.5 Å². The van der Waals surface area contributed by atoms with E-state index in [1.54, 1.807) is 6.07 Å². The lowest BCUT2D eigenvalue weighted by Gasteiger charge is -2.07. The Hall–Kier alpha value is -2.41. The van der Waals surface area contributed by atoms with E-state index in [1.165, 1.54) is 19.2 Å². The van der Waals surface area contributed by atoms with Crippen LogP contribution in [0.25, 0.3) is 0 Å². The Kier molecular flexibility index (Phi) is 5.11. The highest BCUT2D eigenvalue weighted by atomic mass is 79.9. The Balaban J connectivity index is 2.09. The number of nitrogens with one attached hydrogen (secondary N) is 1. The molecule has 0 spiro atoms. The summed E-state index contributed by atoms with van der Waals surface area (Å²) in [6.45, 7) is 0. The maximum atomic E-state index is 12.0. The van der Waals surface area contributed by atoms with Crippen LogP contribution in [0.3, 0.4) is 0 Å². The number of ether oxygens (including phenoxy) is 1. The number of rotatable bonds is 5. The Bertz CT molecular complexity index is 701. The molecule has 114 valence electrons. The molecule has 0 radical (unpaired) electrons. The van der Waals surface area contributed by atoms with E-state index in [1.807, 2.05) is 24.3 Å². The SMILES string of the molecule is COc1ccc(NC(=O)Cc2ccc(Br)cc2)cc1[N+](=O)[O-]. The van der Waals surface area contributed by atoms with Gasteiger partial charge in [-0.3, -0.25) is 14.9 Å². The Labute approximate surface area is 135 Å². The van der Waals surface area contributed by atoms with Crippen molar-refractivity contribution in [3.63, 3.8) is 0 Å². The van der Waals surface area contributed by atoms with Crippen LogP contribution in [0.1, 0.15) is 5.56 Å². The van der Waals surface area contributed by atoms with Crippen LogP contribution < -0.4 is 10.1 Å². The number of carbonyl (C=O) groups is 1. The molecule has 0 aliphatic carbocycles. The van der Waals surface area contributed by atoms with E-state index >= 15 is 0 Å². The summed E-state index contributed by atoms with van der Waals surface area (Å²) in [4.78, 5) is 22.4. The highest BCUT2D eigenvalue weighted by molar-refractivity contribution is 9.10. The van der Waals surface area contributed by atoms with Crippen molar-refractivity contribution >= 4 is 33.2 Å². The number of anilines is 1. The minimum atomic E-state index is -0.552. The van der Waals surface area contributed by atoms with Crippen LogP contribution in [-0.2, 0) is 11.2 Å². The maximum absolute atomic E-state index is 12.0. The molecule has 2 aromatic rings. The Morgan fingerprint density at radius 1 is 1.27 bits per heavy atom. The number of hydrogen-bond donors (Lipinski definition) is 1. The van der Waals surface area contributed by atoms with E-state index in [9.17, 15) is 14.9 Å². The zero-order chi connectivity index (χ0) is 16.1. The minimum Gasteiger partial charge on any atom is -0.490 e. The molecule has 0 saturated carbocycles. The monoisotopic (exact) mass is 364 g/mol. The van der Waals surface area contributed by atoms with Gasteiger partial charge in [-0.05, 0) is 29.8 Å². The third-order valence-electron chi connectivity index (χ3n) is 2.94. The number of methoxy groups -OCH3 is 1. The highest BCUT2D eigenvalue weighted by Gasteiger charge is 2.16. The van der Waals surface area contributed by atoms with Gasteiger partial charge in [0.05, 0.1) is 18.5 Å². The van der Waals surface area contributed by atoms with E-state index in [-0.39, 0.29) is 23.8 Å². The second-order valence-corrected chi connectivity index (χ2v) is 5.41. The van der Waals surface area contributed by atoms with Gasteiger partial charge in [0, 0.05) is 16.2 Å². The fourth-order valence-electron chi connectivity index (χ4n) is 1.90. The first-order valence-corrected chi connectivity index (χ1v) is 7.15. The summed E-state index contributed by atoms with van der Waals surface area (Å²) in [6.07, 6.45) is 0.188.